The molecule has 0 aromatic heterocycles. The van der Waals surface area contributed by atoms with Crippen LogP contribution in [0.3, 0.4) is 0 Å². The number of aliphatic imine (C=N–C) groups is 1. The number of esters is 1. The van der Waals surface area contributed by atoms with Crippen LogP contribution in [0.5, 0.6) is 5.75 Å². The van der Waals surface area contributed by atoms with Crippen molar-refractivity contribution in [2.24, 2.45) is 4.99 Å². The molecule has 4 heteroatoms. The zero-order valence-electron chi connectivity index (χ0n) is 9.43. The molecule has 0 saturated heterocycles. The molecule has 1 aromatic rings. The van der Waals surface area contributed by atoms with Gasteiger partial charge in [-0.1, -0.05) is 12.1 Å². The highest BCUT2D eigenvalue weighted by atomic mass is 16.5. The molecule has 0 saturated carbocycles. The van der Waals surface area contributed by atoms with E-state index < -0.39 is 11.5 Å². The number of nitrogens with zero attached hydrogens (tertiary/aromatic N) is 1. The lowest BCUT2D eigenvalue weighted by atomic mass is 9.93. The molecular formula is C12H15NO3. The molecule has 0 bridgehead atoms. The monoisotopic (exact) mass is 221 g/mol. The number of carbonyl (C=O) groups excluding carboxylic acids is 1. The van der Waals surface area contributed by atoms with Gasteiger partial charge in [-0.15, -0.1) is 0 Å². The van der Waals surface area contributed by atoms with Gasteiger partial charge in [0.1, 0.15) is 5.75 Å². The number of hydrogen-bond acceptors (Lipinski definition) is 4. The summed E-state index contributed by atoms with van der Waals surface area (Å²) in [5.41, 5.74) is -0.0933. The fourth-order valence-electron chi connectivity index (χ4n) is 1.42. The third kappa shape index (κ3) is 2.59. The lowest BCUT2D eigenvalue weighted by molar-refractivity contribution is -0.146. The SMILES string of the molecule is C=NC(C)(Cc1ccc(O)cc1)C(=O)OC. The molecule has 0 aliphatic carbocycles. The molecule has 0 amide bonds. The van der Waals surface area contributed by atoms with Crippen molar-refractivity contribution in [2.75, 3.05) is 7.11 Å². The average Bonchev–Trinajstić information content (AvgIpc) is 2.31. The van der Waals surface area contributed by atoms with Crippen molar-refractivity contribution in [1.82, 2.24) is 0 Å². The first-order valence-corrected chi connectivity index (χ1v) is 4.86. The van der Waals surface area contributed by atoms with E-state index in [1.807, 2.05) is 0 Å². The highest BCUT2D eigenvalue weighted by Crippen LogP contribution is 2.20. The number of ether oxygens (including phenoxy) is 1. The quantitative estimate of drug-likeness (QED) is 0.620. The molecule has 0 heterocycles. The lowest BCUT2D eigenvalue weighted by Gasteiger charge is -2.21. The van der Waals surface area contributed by atoms with Crippen LogP contribution in [-0.4, -0.2) is 30.4 Å². The number of rotatable bonds is 4. The van der Waals surface area contributed by atoms with Gasteiger partial charge in [0.05, 0.1) is 7.11 Å². The predicted molar refractivity (Wildman–Crippen MR) is 61.8 cm³/mol. The summed E-state index contributed by atoms with van der Waals surface area (Å²) in [5, 5.41) is 9.14. The second kappa shape index (κ2) is 4.79. The second-order valence-corrected chi connectivity index (χ2v) is 3.77. The molecule has 0 fully saturated rings. The van der Waals surface area contributed by atoms with E-state index >= 15 is 0 Å². The molecule has 0 spiro atoms. The molecule has 1 unspecified atom stereocenters. The van der Waals surface area contributed by atoms with Crippen molar-refractivity contribution in [3.63, 3.8) is 0 Å². The smallest absolute Gasteiger partial charge is 0.333 e. The van der Waals surface area contributed by atoms with Crippen LogP contribution in [0.25, 0.3) is 0 Å². The van der Waals surface area contributed by atoms with Crippen molar-refractivity contribution in [1.29, 1.82) is 0 Å². The number of phenols is 1. The number of benzene rings is 1. The van der Waals surface area contributed by atoms with E-state index in [1.54, 1.807) is 31.2 Å². The van der Waals surface area contributed by atoms with Crippen molar-refractivity contribution in [3.05, 3.63) is 29.8 Å². The number of hydrogen-bond donors (Lipinski definition) is 1. The van der Waals surface area contributed by atoms with Crippen LogP contribution in [0.4, 0.5) is 0 Å². The average molecular weight is 221 g/mol. The first-order valence-electron chi connectivity index (χ1n) is 4.86. The summed E-state index contributed by atoms with van der Waals surface area (Å²) in [6.45, 7) is 5.08. The summed E-state index contributed by atoms with van der Waals surface area (Å²) < 4.78 is 4.68. The van der Waals surface area contributed by atoms with Gasteiger partial charge in [-0.3, -0.25) is 4.99 Å². The number of methoxy groups -OCH3 is 1. The lowest BCUT2D eigenvalue weighted by Crippen LogP contribution is -2.36. The molecule has 0 aliphatic rings. The Hall–Kier alpha value is -1.84. The maximum atomic E-state index is 11.5. The van der Waals surface area contributed by atoms with E-state index in [0.717, 1.165) is 5.56 Å². The minimum absolute atomic E-state index is 0.190. The van der Waals surface area contributed by atoms with E-state index in [2.05, 4.69) is 16.4 Å². The molecule has 4 nitrogen and oxygen atoms in total. The fourth-order valence-corrected chi connectivity index (χ4v) is 1.42. The number of phenolic OH excluding ortho intramolecular Hbond substituents is 1. The van der Waals surface area contributed by atoms with Crippen molar-refractivity contribution < 1.29 is 14.6 Å². The molecule has 1 rings (SSSR count). The molecule has 1 atom stereocenters. The fraction of sp³-hybridized carbons (Fsp3) is 0.333. The van der Waals surface area contributed by atoms with Gasteiger partial charge < -0.3 is 9.84 Å². The molecule has 1 N–H and O–H groups in total. The summed E-state index contributed by atoms with van der Waals surface area (Å²) in [5.74, 6) is -0.231. The summed E-state index contributed by atoms with van der Waals surface area (Å²) >= 11 is 0. The Bertz CT molecular complexity index is 386. The Kier molecular flexibility index (Phi) is 3.66. The minimum Gasteiger partial charge on any atom is -0.508 e. The third-order valence-electron chi connectivity index (χ3n) is 2.46. The molecule has 1 aromatic carbocycles. The Morgan fingerprint density at radius 2 is 2.06 bits per heavy atom. The van der Waals surface area contributed by atoms with Crippen LogP contribution in [0.15, 0.2) is 29.3 Å². The highest BCUT2D eigenvalue weighted by molar-refractivity contribution is 5.81. The largest absolute Gasteiger partial charge is 0.508 e. The van der Waals surface area contributed by atoms with Gasteiger partial charge in [0, 0.05) is 6.42 Å². The van der Waals surface area contributed by atoms with E-state index in [1.165, 1.54) is 7.11 Å². The number of carbonyl (C=O) groups is 1. The maximum Gasteiger partial charge on any atom is 0.333 e. The van der Waals surface area contributed by atoms with Crippen molar-refractivity contribution in [2.45, 2.75) is 18.9 Å². The molecular weight excluding hydrogens is 206 g/mol. The first-order chi connectivity index (χ1) is 7.51. The normalized spacial score (nSPS) is 13.9. The Morgan fingerprint density at radius 1 is 1.50 bits per heavy atom. The van der Waals surface area contributed by atoms with Gasteiger partial charge >= 0.3 is 5.97 Å². The number of aromatic hydroxyl groups is 1. The first kappa shape index (κ1) is 12.2. The molecule has 0 aliphatic heterocycles. The Labute approximate surface area is 94.6 Å². The van der Waals surface area contributed by atoms with Crippen LogP contribution in [0, 0.1) is 0 Å². The Balaban J connectivity index is 2.89. The van der Waals surface area contributed by atoms with Crippen LogP contribution in [0.1, 0.15) is 12.5 Å². The highest BCUT2D eigenvalue weighted by Gasteiger charge is 2.32. The van der Waals surface area contributed by atoms with Crippen LogP contribution in [0.2, 0.25) is 0 Å². The van der Waals surface area contributed by atoms with Crippen LogP contribution >= 0.6 is 0 Å². The van der Waals surface area contributed by atoms with E-state index in [0.29, 0.717) is 6.42 Å². The van der Waals surface area contributed by atoms with Gasteiger partial charge in [-0.2, -0.15) is 0 Å². The molecule has 0 radical (unpaired) electrons. The Morgan fingerprint density at radius 3 is 2.50 bits per heavy atom. The summed E-state index contributed by atoms with van der Waals surface area (Å²) in [4.78, 5) is 15.4. The zero-order valence-corrected chi connectivity index (χ0v) is 9.43. The van der Waals surface area contributed by atoms with Crippen LogP contribution in [-0.2, 0) is 16.0 Å². The summed E-state index contributed by atoms with van der Waals surface area (Å²) in [6.07, 6.45) is 0.392. The molecule has 16 heavy (non-hydrogen) atoms. The van der Waals surface area contributed by atoms with Gasteiger partial charge in [-0.25, -0.2) is 4.79 Å². The van der Waals surface area contributed by atoms with Gasteiger partial charge in [0.25, 0.3) is 0 Å². The molecule has 86 valence electrons. The van der Waals surface area contributed by atoms with Crippen LogP contribution < -0.4 is 0 Å². The summed E-state index contributed by atoms with van der Waals surface area (Å²) in [7, 11) is 1.32. The van der Waals surface area contributed by atoms with Gasteiger partial charge in [0.15, 0.2) is 5.54 Å². The van der Waals surface area contributed by atoms with E-state index in [9.17, 15) is 4.79 Å². The van der Waals surface area contributed by atoms with Gasteiger partial charge in [0.2, 0.25) is 0 Å². The van der Waals surface area contributed by atoms with Gasteiger partial charge in [-0.05, 0) is 31.3 Å². The maximum absolute atomic E-state index is 11.5. The van der Waals surface area contributed by atoms with Crippen molar-refractivity contribution >= 4 is 12.7 Å². The van der Waals surface area contributed by atoms with E-state index in [-0.39, 0.29) is 5.75 Å². The standard InChI is InChI=1S/C12H15NO3/c1-12(13-2,11(15)16-3)8-9-4-6-10(14)7-5-9/h4-7,14H,2,8H2,1,3H3. The zero-order chi connectivity index (χ0) is 12.2. The second-order valence-electron chi connectivity index (χ2n) is 3.77. The van der Waals surface area contributed by atoms with E-state index in [4.69, 9.17) is 5.11 Å². The third-order valence-corrected chi connectivity index (χ3v) is 2.46. The summed E-state index contributed by atoms with van der Waals surface area (Å²) in [6, 6.07) is 6.61. The minimum atomic E-state index is -0.980. The predicted octanol–water partition coefficient (Wildman–Crippen LogP) is 1.57. The topological polar surface area (TPSA) is 58.9 Å². The van der Waals surface area contributed by atoms with Crippen molar-refractivity contribution in [3.8, 4) is 5.75 Å².